The lowest BCUT2D eigenvalue weighted by Gasteiger charge is -2.04. The Bertz CT molecular complexity index is 419. The minimum absolute atomic E-state index is 1.04. The van der Waals surface area contributed by atoms with Crippen molar-refractivity contribution in [2.75, 3.05) is 13.1 Å². The number of aromatic nitrogens is 2. The monoisotopic (exact) mass is 203 g/mol. The highest BCUT2D eigenvalue weighted by molar-refractivity contribution is 5.74. The number of hydrogen-bond acceptors (Lipinski definition) is 2. The highest BCUT2D eigenvalue weighted by atomic mass is 15.0. The fourth-order valence-corrected chi connectivity index (χ4v) is 1.74. The van der Waals surface area contributed by atoms with E-state index >= 15 is 0 Å². The maximum absolute atomic E-state index is 4.36. The standard InChI is InChI=1S/C12H17N3/c1-2-13-8-5-9-15-10-14-11-6-3-4-7-12(11)15/h3-4,6-7,10,13H,2,5,8-9H2,1H3. The van der Waals surface area contributed by atoms with Gasteiger partial charge in [0.15, 0.2) is 0 Å². The van der Waals surface area contributed by atoms with E-state index < -0.39 is 0 Å². The van der Waals surface area contributed by atoms with Crippen LogP contribution in [0.25, 0.3) is 11.0 Å². The number of benzene rings is 1. The van der Waals surface area contributed by atoms with E-state index in [4.69, 9.17) is 0 Å². The predicted octanol–water partition coefficient (Wildman–Crippen LogP) is 2.04. The molecule has 0 bridgehead atoms. The summed E-state index contributed by atoms with van der Waals surface area (Å²) in [4.78, 5) is 4.36. The summed E-state index contributed by atoms with van der Waals surface area (Å²) >= 11 is 0. The normalized spacial score (nSPS) is 11.0. The van der Waals surface area contributed by atoms with E-state index in [0.29, 0.717) is 0 Å². The molecule has 1 aromatic heterocycles. The molecule has 0 fully saturated rings. The highest BCUT2D eigenvalue weighted by Crippen LogP contribution is 2.11. The van der Waals surface area contributed by atoms with E-state index in [9.17, 15) is 0 Å². The van der Waals surface area contributed by atoms with Gasteiger partial charge in [-0.25, -0.2) is 4.98 Å². The van der Waals surface area contributed by atoms with Gasteiger partial charge in [-0.2, -0.15) is 0 Å². The number of para-hydroxylation sites is 2. The number of rotatable bonds is 5. The number of hydrogen-bond donors (Lipinski definition) is 1. The van der Waals surface area contributed by atoms with Crippen molar-refractivity contribution in [1.82, 2.24) is 14.9 Å². The molecule has 0 aliphatic carbocycles. The first kappa shape index (κ1) is 10.2. The molecule has 0 saturated carbocycles. The van der Waals surface area contributed by atoms with E-state index in [1.165, 1.54) is 5.52 Å². The van der Waals surface area contributed by atoms with Gasteiger partial charge in [0.1, 0.15) is 0 Å². The predicted molar refractivity (Wildman–Crippen MR) is 62.9 cm³/mol. The topological polar surface area (TPSA) is 29.9 Å². The van der Waals surface area contributed by atoms with Gasteiger partial charge in [0.25, 0.3) is 0 Å². The Hall–Kier alpha value is -1.35. The third-order valence-electron chi connectivity index (χ3n) is 2.53. The summed E-state index contributed by atoms with van der Waals surface area (Å²) in [5.74, 6) is 0. The fourth-order valence-electron chi connectivity index (χ4n) is 1.74. The van der Waals surface area contributed by atoms with Crippen LogP contribution in [0.5, 0.6) is 0 Å². The lowest BCUT2D eigenvalue weighted by molar-refractivity contribution is 0.601. The van der Waals surface area contributed by atoms with Crippen LogP contribution in [0.3, 0.4) is 0 Å². The minimum atomic E-state index is 1.04. The van der Waals surface area contributed by atoms with Crippen molar-refractivity contribution >= 4 is 11.0 Å². The molecule has 15 heavy (non-hydrogen) atoms. The van der Waals surface area contributed by atoms with Gasteiger partial charge in [0, 0.05) is 6.54 Å². The summed E-state index contributed by atoms with van der Waals surface area (Å²) in [7, 11) is 0. The second kappa shape index (κ2) is 4.94. The van der Waals surface area contributed by atoms with Gasteiger partial charge in [-0.3, -0.25) is 0 Å². The second-order valence-electron chi connectivity index (χ2n) is 3.63. The molecule has 0 radical (unpaired) electrons. The zero-order valence-electron chi connectivity index (χ0n) is 9.11. The molecule has 0 amide bonds. The molecule has 1 N–H and O–H groups in total. The molecule has 80 valence electrons. The number of aryl methyl sites for hydroxylation is 1. The molecular formula is C12H17N3. The average Bonchev–Trinajstić information content (AvgIpc) is 2.68. The Balaban J connectivity index is 2.02. The Morgan fingerprint density at radius 1 is 1.33 bits per heavy atom. The van der Waals surface area contributed by atoms with Crippen molar-refractivity contribution in [3.05, 3.63) is 30.6 Å². The molecular weight excluding hydrogens is 186 g/mol. The minimum Gasteiger partial charge on any atom is -0.331 e. The Morgan fingerprint density at radius 2 is 2.20 bits per heavy atom. The third kappa shape index (κ3) is 2.36. The largest absolute Gasteiger partial charge is 0.331 e. The molecule has 0 saturated heterocycles. The molecule has 0 atom stereocenters. The van der Waals surface area contributed by atoms with Gasteiger partial charge in [0.05, 0.1) is 17.4 Å². The van der Waals surface area contributed by atoms with Gasteiger partial charge in [0.2, 0.25) is 0 Å². The Morgan fingerprint density at radius 3 is 3.07 bits per heavy atom. The van der Waals surface area contributed by atoms with E-state index in [2.05, 4.69) is 40.0 Å². The van der Waals surface area contributed by atoms with Crippen LogP contribution in [-0.2, 0) is 6.54 Å². The molecule has 0 aliphatic rings. The van der Waals surface area contributed by atoms with E-state index in [-0.39, 0.29) is 0 Å². The van der Waals surface area contributed by atoms with E-state index in [0.717, 1.165) is 31.6 Å². The maximum Gasteiger partial charge on any atom is 0.0958 e. The van der Waals surface area contributed by atoms with Crippen molar-refractivity contribution in [2.45, 2.75) is 19.9 Å². The molecule has 1 aromatic carbocycles. The molecule has 0 aliphatic heterocycles. The summed E-state index contributed by atoms with van der Waals surface area (Å²) in [5, 5.41) is 3.33. The van der Waals surface area contributed by atoms with Crippen molar-refractivity contribution < 1.29 is 0 Å². The molecule has 1 heterocycles. The molecule has 2 aromatic rings. The zero-order valence-corrected chi connectivity index (χ0v) is 9.11. The molecule has 0 spiro atoms. The van der Waals surface area contributed by atoms with Crippen LogP contribution in [0, 0.1) is 0 Å². The van der Waals surface area contributed by atoms with Crippen LogP contribution in [-0.4, -0.2) is 22.6 Å². The smallest absolute Gasteiger partial charge is 0.0958 e. The summed E-state index contributed by atoms with van der Waals surface area (Å²) in [6.07, 6.45) is 3.07. The van der Waals surface area contributed by atoms with Crippen molar-refractivity contribution in [2.24, 2.45) is 0 Å². The van der Waals surface area contributed by atoms with Crippen molar-refractivity contribution in [3.63, 3.8) is 0 Å². The highest BCUT2D eigenvalue weighted by Gasteiger charge is 1.99. The Kier molecular flexibility index (Phi) is 3.35. The quantitative estimate of drug-likeness (QED) is 0.754. The van der Waals surface area contributed by atoms with E-state index in [1.54, 1.807) is 0 Å². The van der Waals surface area contributed by atoms with Crippen LogP contribution in [0.2, 0.25) is 0 Å². The van der Waals surface area contributed by atoms with Gasteiger partial charge in [-0.1, -0.05) is 19.1 Å². The molecule has 2 rings (SSSR count). The number of nitrogens with one attached hydrogen (secondary N) is 1. The molecule has 0 unspecified atom stereocenters. The van der Waals surface area contributed by atoms with Gasteiger partial charge < -0.3 is 9.88 Å². The van der Waals surface area contributed by atoms with Crippen LogP contribution in [0.1, 0.15) is 13.3 Å². The summed E-state index contributed by atoms with van der Waals surface area (Å²) in [6.45, 7) is 5.29. The fraction of sp³-hybridized carbons (Fsp3) is 0.417. The first-order valence-electron chi connectivity index (χ1n) is 5.52. The van der Waals surface area contributed by atoms with Crippen LogP contribution < -0.4 is 5.32 Å². The van der Waals surface area contributed by atoms with Crippen molar-refractivity contribution in [3.8, 4) is 0 Å². The third-order valence-corrected chi connectivity index (χ3v) is 2.53. The van der Waals surface area contributed by atoms with Gasteiger partial charge in [-0.05, 0) is 31.6 Å². The lowest BCUT2D eigenvalue weighted by atomic mass is 10.3. The molecule has 3 heteroatoms. The van der Waals surface area contributed by atoms with Crippen molar-refractivity contribution in [1.29, 1.82) is 0 Å². The Labute approximate surface area is 90.1 Å². The SMILES string of the molecule is CCNCCCn1cnc2ccccc21. The first-order chi connectivity index (χ1) is 7.42. The zero-order chi connectivity index (χ0) is 10.5. The summed E-state index contributed by atoms with van der Waals surface area (Å²) in [5.41, 5.74) is 2.31. The molecule has 3 nitrogen and oxygen atoms in total. The van der Waals surface area contributed by atoms with Crippen LogP contribution in [0.4, 0.5) is 0 Å². The number of imidazole rings is 1. The first-order valence-corrected chi connectivity index (χ1v) is 5.52. The maximum atomic E-state index is 4.36. The van der Waals surface area contributed by atoms with Crippen LogP contribution >= 0.6 is 0 Å². The van der Waals surface area contributed by atoms with Crippen LogP contribution in [0.15, 0.2) is 30.6 Å². The summed E-state index contributed by atoms with van der Waals surface area (Å²) in [6, 6.07) is 8.26. The average molecular weight is 203 g/mol. The van der Waals surface area contributed by atoms with E-state index in [1.807, 2.05) is 12.4 Å². The lowest BCUT2D eigenvalue weighted by Crippen LogP contribution is -2.15. The van der Waals surface area contributed by atoms with Gasteiger partial charge in [-0.15, -0.1) is 0 Å². The van der Waals surface area contributed by atoms with Gasteiger partial charge >= 0.3 is 0 Å². The summed E-state index contributed by atoms with van der Waals surface area (Å²) < 4.78 is 2.21. The second-order valence-corrected chi connectivity index (χ2v) is 3.63. The number of fused-ring (bicyclic) bond motifs is 1. The number of nitrogens with zero attached hydrogens (tertiary/aromatic N) is 2.